The molecule has 0 spiro atoms. The molecule has 0 radical (unpaired) electrons. The van der Waals surface area contributed by atoms with Crippen LogP contribution in [0.3, 0.4) is 0 Å². The van der Waals surface area contributed by atoms with Gasteiger partial charge in [-0.15, -0.1) is 0 Å². The number of ether oxygens (including phenoxy) is 1. The van der Waals surface area contributed by atoms with E-state index in [1.165, 1.54) is 173 Å². The van der Waals surface area contributed by atoms with Gasteiger partial charge in [0.1, 0.15) is 19.3 Å². The summed E-state index contributed by atoms with van der Waals surface area (Å²) >= 11 is 0. The zero-order chi connectivity index (χ0) is 62.1. The predicted molar refractivity (Wildman–Crippen MR) is 367 cm³/mol. The lowest BCUT2D eigenvalue weighted by molar-refractivity contribution is -0.870. The molecule has 0 rings (SSSR count). The van der Waals surface area contributed by atoms with Gasteiger partial charge in [-0.3, -0.25) is 14.2 Å². The van der Waals surface area contributed by atoms with Crippen LogP contribution in [0.15, 0.2) is 97.2 Å². The number of phosphoric acid groups is 1. The third-order valence-electron chi connectivity index (χ3n) is 15.5. The summed E-state index contributed by atoms with van der Waals surface area (Å²) in [6, 6.07) is -0.899. The van der Waals surface area contributed by atoms with E-state index < -0.39 is 26.6 Å². The van der Waals surface area contributed by atoms with Gasteiger partial charge in [-0.05, 0) is 109 Å². The molecule has 0 aliphatic rings. The molecule has 1 amide bonds. The summed E-state index contributed by atoms with van der Waals surface area (Å²) in [5.74, 6) is -0.545. The first-order valence-corrected chi connectivity index (χ1v) is 37.0. The minimum atomic E-state index is -4.71. The highest BCUT2D eigenvalue weighted by molar-refractivity contribution is 7.45. The van der Waals surface area contributed by atoms with Crippen LogP contribution >= 0.6 is 7.82 Å². The maximum absolute atomic E-state index is 13.6. The normalized spacial score (nSPS) is 14.1. The van der Waals surface area contributed by atoms with E-state index in [2.05, 4.69) is 111 Å². The molecule has 0 aliphatic heterocycles. The van der Waals surface area contributed by atoms with Crippen molar-refractivity contribution in [3.63, 3.8) is 0 Å². The largest absolute Gasteiger partial charge is 0.756 e. The fourth-order valence-electron chi connectivity index (χ4n) is 10.1. The molecule has 10 heteroatoms. The molecule has 0 aliphatic carbocycles. The number of allylic oxidation sites excluding steroid dienone is 15. The number of hydrogen-bond donors (Lipinski definition) is 1. The highest BCUT2D eigenvalue weighted by Gasteiger charge is 2.27. The van der Waals surface area contributed by atoms with E-state index in [9.17, 15) is 19.0 Å². The molecule has 1 N–H and O–H groups in total. The highest BCUT2D eigenvalue weighted by Crippen LogP contribution is 2.38. The smallest absolute Gasteiger partial charge is 0.306 e. The van der Waals surface area contributed by atoms with Crippen LogP contribution in [0, 0.1) is 0 Å². The molecule has 0 saturated carbocycles. The predicted octanol–water partition coefficient (Wildman–Crippen LogP) is 22.0. The molecule has 0 saturated heterocycles. The van der Waals surface area contributed by atoms with Crippen molar-refractivity contribution in [1.29, 1.82) is 0 Å². The molecule has 9 nitrogen and oxygen atoms in total. The average molecular weight is 1210 g/mol. The standard InChI is InChI=1S/C75H135N2O7P/c1-7-10-13-16-19-22-25-28-30-32-34-36-37-38-39-41-42-44-46-49-52-55-58-61-64-67-74(78)76-72(71-83-85(80,81)82-70-69-77(4,5)6)73(66-63-60-57-54-51-48-27-24-21-18-15-12-9-3)84-75(79)68-65-62-59-56-53-50-47-45-43-40-35-33-31-29-26-23-20-17-14-11-8-2/h10,13,19-20,22-23,28-31,34,36,38-39,63,66,72-73H,7-9,11-12,14-18,21,24-27,32-33,35,37,40-62,64-65,67-71H2,1-6H3,(H-,76,78,80,81)/b13-10-,22-19-,23-20-,30-28-,31-29-,36-34-,39-38-,66-63-. The third kappa shape index (κ3) is 65.2. The van der Waals surface area contributed by atoms with Gasteiger partial charge in [-0.1, -0.05) is 292 Å². The van der Waals surface area contributed by atoms with Gasteiger partial charge in [0.25, 0.3) is 7.82 Å². The van der Waals surface area contributed by atoms with Crippen molar-refractivity contribution in [3.05, 3.63) is 97.2 Å². The Labute approximate surface area is 526 Å². The molecule has 85 heavy (non-hydrogen) atoms. The van der Waals surface area contributed by atoms with Crippen molar-refractivity contribution in [2.24, 2.45) is 0 Å². The van der Waals surface area contributed by atoms with Crippen LogP contribution < -0.4 is 10.2 Å². The Morgan fingerprint density at radius 2 is 0.753 bits per heavy atom. The van der Waals surface area contributed by atoms with Crippen LogP contribution in [0.2, 0.25) is 0 Å². The molecule has 0 aromatic rings. The fraction of sp³-hybridized carbons (Fsp3) is 0.760. The maximum atomic E-state index is 13.6. The first-order valence-electron chi connectivity index (χ1n) is 35.5. The first kappa shape index (κ1) is 81.9. The lowest BCUT2D eigenvalue weighted by atomic mass is 10.0. The Hall–Kier alpha value is -3.07. The number of nitrogens with one attached hydrogen (secondary N) is 1. The van der Waals surface area contributed by atoms with Gasteiger partial charge in [0.05, 0.1) is 33.8 Å². The number of rotatable bonds is 64. The van der Waals surface area contributed by atoms with E-state index in [4.69, 9.17) is 13.8 Å². The van der Waals surface area contributed by atoms with Crippen molar-refractivity contribution >= 4 is 19.7 Å². The van der Waals surface area contributed by atoms with Crippen LogP contribution in [-0.4, -0.2) is 69.4 Å². The van der Waals surface area contributed by atoms with Gasteiger partial charge >= 0.3 is 5.97 Å². The minimum Gasteiger partial charge on any atom is -0.756 e. The van der Waals surface area contributed by atoms with E-state index in [1.54, 1.807) is 0 Å². The molecule has 3 unspecified atom stereocenters. The summed E-state index contributed by atoms with van der Waals surface area (Å²) in [4.78, 5) is 40.2. The molecular formula is C75H135N2O7P. The second kappa shape index (κ2) is 63.9. The summed E-state index contributed by atoms with van der Waals surface area (Å²) in [6.45, 7) is 6.73. The number of carbonyl (C=O) groups is 2. The average Bonchev–Trinajstić information content (AvgIpc) is 3.64. The number of amides is 1. The lowest BCUT2D eigenvalue weighted by Crippen LogP contribution is -2.47. The molecule has 3 atom stereocenters. The zero-order valence-corrected chi connectivity index (χ0v) is 57.2. The van der Waals surface area contributed by atoms with Crippen LogP contribution in [0.5, 0.6) is 0 Å². The Morgan fingerprint density at radius 3 is 1.15 bits per heavy atom. The SMILES string of the molecule is CC/C=C\C/C=C\C/C=C\C/C=C\C/C=C\CCCCCCCCCCCC(=O)NC(COP(=O)([O-])OCC[N+](C)(C)C)C(/C=C\CCCCCCCCCCCCC)OC(=O)CCCCCCCCCCCCC/C=C\C/C=C\CCCCC. The molecule has 0 aromatic heterocycles. The van der Waals surface area contributed by atoms with Crippen molar-refractivity contribution in [1.82, 2.24) is 5.32 Å². The van der Waals surface area contributed by atoms with Gasteiger partial charge in [0.2, 0.25) is 5.91 Å². The van der Waals surface area contributed by atoms with E-state index in [1.807, 2.05) is 33.3 Å². The van der Waals surface area contributed by atoms with Crippen molar-refractivity contribution in [3.8, 4) is 0 Å². The van der Waals surface area contributed by atoms with E-state index >= 15 is 0 Å². The Balaban J connectivity index is 5.13. The molecule has 0 heterocycles. The number of carbonyl (C=O) groups excluding carboxylic acids is 2. The monoisotopic (exact) mass is 1210 g/mol. The van der Waals surface area contributed by atoms with Crippen molar-refractivity contribution in [2.45, 2.75) is 328 Å². The van der Waals surface area contributed by atoms with Crippen LogP contribution in [0.4, 0.5) is 0 Å². The zero-order valence-electron chi connectivity index (χ0n) is 56.3. The molecule has 0 fully saturated rings. The number of likely N-dealkylation sites (N-methyl/N-ethyl adjacent to an activating group) is 1. The highest BCUT2D eigenvalue weighted by atomic mass is 31.2. The van der Waals surface area contributed by atoms with E-state index in [0.717, 1.165) is 109 Å². The molecule has 0 bridgehead atoms. The number of unbranched alkanes of at least 4 members (excludes halogenated alkanes) is 34. The second-order valence-electron chi connectivity index (χ2n) is 25.0. The van der Waals surface area contributed by atoms with Crippen LogP contribution in [0.25, 0.3) is 0 Å². The number of esters is 1. The molecular weight excluding hydrogens is 1070 g/mol. The Bertz CT molecular complexity index is 1780. The van der Waals surface area contributed by atoms with Gasteiger partial charge < -0.3 is 28.5 Å². The number of quaternary nitrogens is 1. The fourth-order valence-corrected chi connectivity index (χ4v) is 10.8. The number of phosphoric ester groups is 1. The van der Waals surface area contributed by atoms with Crippen LogP contribution in [0.1, 0.15) is 316 Å². The summed E-state index contributed by atoms with van der Waals surface area (Å²) in [5, 5.41) is 3.04. The quantitative estimate of drug-likeness (QED) is 0.0212. The van der Waals surface area contributed by atoms with Gasteiger partial charge in [-0.25, -0.2) is 0 Å². The maximum Gasteiger partial charge on any atom is 0.306 e. The van der Waals surface area contributed by atoms with Gasteiger partial charge in [0.15, 0.2) is 0 Å². The summed E-state index contributed by atoms with van der Waals surface area (Å²) < 4.78 is 30.5. The number of hydrogen-bond acceptors (Lipinski definition) is 7. The van der Waals surface area contributed by atoms with Gasteiger partial charge in [0, 0.05) is 12.8 Å². The van der Waals surface area contributed by atoms with Crippen molar-refractivity contribution in [2.75, 3.05) is 40.9 Å². The topological polar surface area (TPSA) is 114 Å². The molecule has 492 valence electrons. The summed E-state index contributed by atoms with van der Waals surface area (Å²) in [5.41, 5.74) is 0. The molecule has 0 aromatic carbocycles. The van der Waals surface area contributed by atoms with E-state index in [0.29, 0.717) is 17.4 Å². The first-order chi connectivity index (χ1) is 41.4. The summed E-state index contributed by atoms with van der Waals surface area (Å²) in [6.07, 6.45) is 86.6. The van der Waals surface area contributed by atoms with Gasteiger partial charge in [-0.2, -0.15) is 0 Å². The number of nitrogens with zero attached hydrogens (tertiary/aromatic N) is 1. The summed E-state index contributed by atoms with van der Waals surface area (Å²) in [7, 11) is 1.18. The lowest BCUT2D eigenvalue weighted by Gasteiger charge is -2.30. The Kier molecular flexibility index (Phi) is 61.6. The van der Waals surface area contributed by atoms with Crippen LogP contribution in [-0.2, 0) is 27.9 Å². The third-order valence-corrected chi connectivity index (χ3v) is 16.5. The minimum absolute atomic E-state index is 0.0272. The Morgan fingerprint density at radius 1 is 0.424 bits per heavy atom. The second-order valence-corrected chi connectivity index (χ2v) is 26.4. The van der Waals surface area contributed by atoms with Crippen molar-refractivity contribution < 1.29 is 37.3 Å². The van der Waals surface area contributed by atoms with E-state index in [-0.39, 0.29) is 24.9 Å².